The molecular weight excluding hydrogens is 488 g/mol. The molecule has 1 atom stereocenters. The summed E-state index contributed by atoms with van der Waals surface area (Å²) in [4.78, 5) is 19.6. The Labute approximate surface area is 218 Å². The highest BCUT2D eigenvalue weighted by Crippen LogP contribution is 2.46. The number of aryl methyl sites for hydroxylation is 1. The number of halogens is 1. The molecule has 2 aromatic heterocycles. The summed E-state index contributed by atoms with van der Waals surface area (Å²) >= 11 is 6.42. The summed E-state index contributed by atoms with van der Waals surface area (Å²) in [5.74, 6) is 0.761. The number of carbonyl (C=O) groups is 1. The average Bonchev–Trinajstić information content (AvgIpc) is 3.45. The van der Waals surface area contributed by atoms with E-state index in [0.29, 0.717) is 23.7 Å². The molecule has 3 heterocycles. The number of phenols is 2. The van der Waals surface area contributed by atoms with Gasteiger partial charge in [-0.3, -0.25) is 4.79 Å². The number of hydrogen-bond donors (Lipinski definition) is 3. The Hall–Kier alpha value is -4.23. The van der Waals surface area contributed by atoms with E-state index >= 15 is 0 Å². The van der Waals surface area contributed by atoms with Gasteiger partial charge in [-0.25, -0.2) is 4.98 Å². The lowest BCUT2D eigenvalue weighted by Gasteiger charge is -2.19. The van der Waals surface area contributed by atoms with E-state index in [9.17, 15) is 15.0 Å². The number of nitrogens with one attached hydrogen (secondary N) is 1. The number of anilines is 2. The van der Waals surface area contributed by atoms with Gasteiger partial charge < -0.3 is 24.8 Å². The van der Waals surface area contributed by atoms with Gasteiger partial charge in [0, 0.05) is 53.4 Å². The van der Waals surface area contributed by atoms with Crippen LogP contribution in [0.3, 0.4) is 0 Å². The van der Waals surface area contributed by atoms with Gasteiger partial charge in [-0.1, -0.05) is 18.2 Å². The average molecular weight is 513 g/mol. The van der Waals surface area contributed by atoms with E-state index in [1.54, 1.807) is 12.1 Å². The molecule has 1 unspecified atom stereocenters. The molecule has 1 aliphatic heterocycles. The minimum atomic E-state index is -0.261. The number of imidazole rings is 1. The van der Waals surface area contributed by atoms with Crippen molar-refractivity contribution in [2.75, 3.05) is 22.6 Å². The van der Waals surface area contributed by atoms with E-state index in [4.69, 9.17) is 16.6 Å². The predicted molar refractivity (Wildman–Crippen MR) is 146 cm³/mol. The topological polar surface area (TPSA) is 90.1 Å². The van der Waals surface area contributed by atoms with Crippen molar-refractivity contribution in [3.63, 3.8) is 0 Å². The summed E-state index contributed by atoms with van der Waals surface area (Å²) in [6.45, 7) is 3.37. The van der Waals surface area contributed by atoms with E-state index in [-0.39, 0.29) is 23.3 Å². The Morgan fingerprint density at radius 3 is 2.70 bits per heavy atom. The van der Waals surface area contributed by atoms with E-state index in [0.717, 1.165) is 39.9 Å². The van der Waals surface area contributed by atoms with E-state index in [1.807, 2.05) is 47.1 Å². The lowest BCUT2D eigenvalue weighted by Crippen LogP contribution is -2.21. The van der Waals surface area contributed by atoms with Crippen LogP contribution in [-0.2, 0) is 6.54 Å². The number of alkyl halides is 1. The van der Waals surface area contributed by atoms with Gasteiger partial charge in [0.1, 0.15) is 17.1 Å². The maximum absolute atomic E-state index is 12.6. The molecule has 0 saturated carbocycles. The highest BCUT2D eigenvalue weighted by molar-refractivity contribution is 6.19. The Morgan fingerprint density at radius 2 is 1.92 bits per heavy atom. The predicted octanol–water partition coefficient (Wildman–Crippen LogP) is 5.80. The largest absolute Gasteiger partial charge is 0.508 e. The summed E-state index contributed by atoms with van der Waals surface area (Å²) in [6, 6.07) is 17.6. The molecule has 8 heteroatoms. The maximum Gasteiger partial charge on any atom is 0.255 e. The number of hydrogen-bond acceptors (Lipinski definition) is 5. The molecule has 0 fully saturated rings. The van der Waals surface area contributed by atoms with Crippen LogP contribution in [0.1, 0.15) is 33.1 Å². The third-order valence-corrected chi connectivity index (χ3v) is 7.36. The molecule has 0 radical (unpaired) electrons. The number of benzene rings is 3. The first-order valence-corrected chi connectivity index (χ1v) is 12.6. The zero-order valence-electron chi connectivity index (χ0n) is 20.1. The first kappa shape index (κ1) is 23.2. The summed E-state index contributed by atoms with van der Waals surface area (Å²) in [6.07, 6.45) is 3.78. The molecule has 3 aromatic carbocycles. The fraction of sp³-hybridized carbons (Fsp3) is 0.172. The second kappa shape index (κ2) is 9.01. The number of pyridine rings is 1. The van der Waals surface area contributed by atoms with Crippen LogP contribution < -0.4 is 10.2 Å². The Kier molecular flexibility index (Phi) is 5.65. The second-order valence-electron chi connectivity index (χ2n) is 9.47. The van der Waals surface area contributed by atoms with Crippen LogP contribution in [0.25, 0.3) is 16.4 Å². The van der Waals surface area contributed by atoms with Gasteiger partial charge in [0.15, 0.2) is 0 Å². The van der Waals surface area contributed by atoms with Gasteiger partial charge in [-0.15, -0.1) is 11.6 Å². The molecule has 3 N–H and O–H groups in total. The van der Waals surface area contributed by atoms with Crippen LogP contribution in [-0.4, -0.2) is 37.9 Å². The van der Waals surface area contributed by atoms with Crippen molar-refractivity contribution in [3.8, 4) is 11.5 Å². The molecule has 1 aliphatic rings. The number of aromatic hydroxyl groups is 2. The lowest BCUT2D eigenvalue weighted by molar-refractivity contribution is 0.102. The molecule has 0 bridgehead atoms. The molecule has 0 saturated heterocycles. The Bertz CT molecular complexity index is 1660. The van der Waals surface area contributed by atoms with Crippen LogP contribution in [0.2, 0.25) is 0 Å². The number of carbonyl (C=O) groups excluding carboxylic acids is 1. The molecule has 6 rings (SSSR count). The van der Waals surface area contributed by atoms with Crippen LogP contribution >= 0.6 is 11.6 Å². The third-order valence-electron chi connectivity index (χ3n) is 6.98. The van der Waals surface area contributed by atoms with Crippen LogP contribution in [0, 0.1) is 6.92 Å². The SMILES string of the molecule is Cc1cccc2c(O)cc3c(c12)C(CCl)CN3Cc1cn2cc(NC(=O)c3ccc(O)cc3)ccc2n1. The molecule has 0 spiro atoms. The zero-order chi connectivity index (χ0) is 25.7. The number of aromatic nitrogens is 2. The van der Waals surface area contributed by atoms with E-state index < -0.39 is 0 Å². The van der Waals surface area contributed by atoms with Gasteiger partial charge in [0.25, 0.3) is 5.91 Å². The number of fused-ring (bicyclic) bond motifs is 4. The first-order valence-electron chi connectivity index (χ1n) is 12.1. The number of amides is 1. The minimum Gasteiger partial charge on any atom is -0.508 e. The van der Waals surface area contributed by atoms with E-state index in [2.05, 4.69) is 23.2 Å². The first-order chi connectivity index (χ1) is 17.9. The Balaban J connectivity index is 1.28. The summed E-state index contributed by atoms with van der Waals surface area (Å²) in [5, 5.41) is 25.0. The zero-order valence-corrected chi connectivity index (χ0v) is 20.9. The fourth-order valence-electron chi connectivity index (χ4n) is 5.26. The highest BCUT2D eigenvalue weighted by atomic mass is 35.5. The monoisotopic (exact) mass is 512 g/mol. The van der Waals surface area contributed by atoms with Crippen molar-refractivity contribution in [2.24, 2.45) is 0 Å². The summed E-state index contributed by atoms with van der Waals surface area (Å²) in [5.41, 5.74) is 6.02. The van der Waals surface area contributed by atoms with Gasteiger partial charge in [-0.05, 0) is 59.8 Å². The van der Waals surface area contributed by atoms with Crippen molar-refractivity contribution in [1.29, 1.82) is 0 Å². The van der Waals surface area contributed by atoms with Crippen LogP contribution in [0.5, 0.6) is 11.5 Å². The van der Waals surface area contributed by atoms with Crippen molar-refractivity contribution in [2.45, 2.75) is 19.4 Å². The van der Waals surface area contributed by atoms with Gasteiger partial charge in [-0.2, -0.15) is 0 Å². The molecular formula is C29H25ClN4O3. The molecule has 37 heavy (non-hydrogen) atoms. The van der Waals surface area contributed by atoms with Crippen LogP contribution in [0.15, 0.2) is 73.1 Å². The molecule has 0 aliphatic carbocycles. The summed E-state index contributed by atoms with van der Waals surface area (Å²) < 4.78 is 1.89. The lowest BCUT2D eigenvalue weighted by atomic mass is 9.92. The molecule has 1 amide bonds. The van der Waals surface area contributed by atoms with Crippen molar-refractivity contribution >= 4 is 45.3 Å². The Morgan fingerprint density at radius 1 is 1.11 bits per heavy atom. The molecule has 7 nitrogen and oxygen atoms in total. The van der Waals surface area contributed by atoms with Gasteiger partial charge in [0.2, 0.25) is 0 Å². The van der Waals surface area contributed by atoms with Gasteiger partial charge >= 0.3 is 0 Å². The smallest absolute Gasteiger partial charge is 0.255 e. The van der Waals surface area contributed by atoms with Gasteiger partial charge in [0.05, 0.1) is 17.9 Å². The van der Waals surface area contributed by atoms with Crippen molar-refractivity contribution < 1.29 is 15.0 Å². The number of nitrogens with zero attached hydrogens (tertiary/aromatic N) is 3. The van der Waals surface area contributed by atoms with Crippen molar-refractivity contribution in [1.82, 2.24) is 9.38 Å². The summed E-state index contributed by atoms with van der Waals surface area (Å²) in [7, 11) is 0. The third kappa shape index (κ3) is 4.11. The second-order valence-corrected chi connectivity index (χ2v) is 9.78. The van der Waals surface area contributed by atoms with E-state index in [1.165, 1.54) is 17.7 Å². The van der Waals surface area contributed by atoms with Crippen molar-refractivity contribution in [3.05, 3.63) is 95.4 Å². The minimum absolute atomic E-state index is 0.112. The van der Waals surface area contributed by atoms with Crippen LogP contribution in [0.4, 0.5) is 11.4 Å². The molecule has 186 valence electrons. The maximum atomic E-state index is 12.6. The fourth-order valence-corrected chi connectivity index (χ4v) is 5.52. The standard InChI is InChI=1S/C29H25ClN4O3/c1-17-3-2-4-23-25(36)11-24-28(27(17)23)19(12-30)13-33(24)15-21-16-34-14-20(7-10-26(34)31-21)32-29(37)18-5-8-22(35)9-6-18/h2-11,14,16,19,35-36H,12-13,15H2,1H3,(H,32,37). The normalized spacial score (nSPS) is 14.9. The molecule has 5 aromatic rings. The number of rotatable bonds is 5. The number of phenolic OH excluding ortho intramolecular Hbond substituents is 2. The quantitative estimate of drug-likeness (QED) is 0.259. The highest BCUT2D eigenvalue weighted by Gasteiger charge is 2.32.